The minimum absolute atomic E-state index is 0.368. The smallest absolute Gasteiger partial charge is 0.324 e. The van der Waals surface area contributed by atoms with E-state index in [2.05, 4.69) is 0 Å². The van der Waals surface area contributed by atoms with E-state index in [4.69, 9.17) is 5.73 Å². The van der Waals surface area contributed by atoms with Gasteiger partial charge in [-0.2, -0.15) is 13.2 Å². The average Bonchev–Trinajstić information content (AvgIpc) is 2.15. The van der Waals surface area contributed by atoms with Crippen molar-refractivity contribution in [3.05, 3.63) is 35.4 Å². The van der Waals surface area contributed by atoms with E-state index in [9.17, 15) is 13.2 Å². The lowest BCUT2D eigenvalue weighted by molar-refractivity contribution is -0.138. The van der Waals surface area contributed by atoms with Crippen molar-refractivity contribution >= 4 is 0 Å². The minimum Gasteiger partial charge on any atom is -0.324 e. The second-order valence-corrected chi connectivity index (χ2v) is 4.25. The minimum atomic E-state index is -4.21. The number of hydrogen-bond acceptors (Lipinski definition) is 1. The van der Waals surface area contributed by atoms with Gasteiger partial charge in [0.15, 0.2) is 0 Å². The van der Waals surface area contributed by atoms with E-state index < -0.39 is 18.6 Å². The number of benzene rings is 1. The van der Waals surface area contributed by atoms with Gasteiger partial charge in [-0.25, -0.2) is 0 Å². The van der Waals surface area contributed by atoms with Gasteiger partial charge in [-0.05, 0) is 17.0 Å². The van der Waals surface area contributed by atoms with Gasteiger partial charge in [-0.1, -0.05) is 38.1 Å². The number of nitrogens with two attached hydrogens (primary N) is 1. The molecule has 0 heterocycles. The number of halogens is 3. The first kappa shape index (κ1) is 13.0. The Bertz CT molecular complexity index is 327. The van der Waals surface area contributed by atoms with Gasteiger partial charge in [0, 0.05) is 6.04 Å². The van der Waals surface area contributed by atoms with Crippen molar-refractivity contribution in [1.82, 2.24) is 0 Å². The Balaban J connectivity index is 2.74. The fraction of sp³-hybridized carbons (Fsp3) is 0.500. The summed E-state index contributed by atoms with van der Waals surface area (Å²) in [6, 6.07) is 6.03. The third kappa shape index (κ3) is 3.85. The Labute approximate surface area is 93.5 Å². The van der Waals surface area contributed by atoms with E-state index in [0.717, 1.165) is 5.56 Å². The van der Waals surface area contributed by atoms with E-state index in [1.54, 1.807) is 12.1 Å². The summed E-state index contributed by atoms with van der Waals surface area (Å²) in [6.07, 6.45) is -5.19. The van der Waals surface area contributed by atoms with E-state index >= 15 is 0 Å². The Morgan fingerprint density at radius 2 is 1.50 bits per heavy atom. The van der Waals surface area contributed by atoms with Gasteiger partial charge in [-0.3, -0.25) is 0 Å². The lowest BCUT2D eigenvalue weighted by atomic mass is 9.98. The summed E-state index contributed by atoms with van der Waals surface area (Å²) in [5.74, 6) is 0.368. The van der Waals surface area contributed by atoms with Crippen LogP contribution in [0, 0.1) is 0 Å². The molecule has 0 saturated carbocycles. The summed E-state index contributed by atoms with van der Waals surface area (Å²) in [7, 11) is 0. The Morgan fingerprint density at radius 1 is 1.06 bits per heavy atom. The second-order valence-electron chi connectivity index (χ2n) is 4.25. The van der Waals surface area contributed by atoms with E-state index in [1.165, 1.54) is 0 Å². The monoisotopic (exact) mass is 231 g/mol. The van der Waals surface area contributed by atoms with Gasteiger partial charge in [0.1, 0.15) is 0 Å². The predicted molar refractivity (Wildman–Crippen MR) is 58.1 cm³/mol. The third-order valence-corrected chi connectivity index (χ3v) is 2.48. The van der Waals surface area contributed by atoms with Crippen LogP contribution in [0.2, 0.25) is 0 Å². The molecule has 1 aromatic rings. The number of rotatable bonds is 3. The molecule has 1 unspecified atom stereocenters. The van der Waals surface area contributed by atoms with Gasteiger partial charge in [0.05, 0.1) is 6.42 Å². The molecule has 0 radical (unpaired) electrons. The van der Waals surface area contributed by atoms with Crippen molar-refractivity contribution in [2.24, 2.45) is 5.73 Å². The molecule has 0 aliphatic carbocycles. The zero-order valence-corrected chi connectivity index (χ0v) is 9.38. The van der Waals surface area contributed by atoms with Crippen LogP contribution in [-0.2, 0) is 0 Å². The summed E-state index contributed by atoms with van der Waals surface area (Å²) in [5.41, 5.74) is 7.12. The first-order valence-electron chi connectivity index (χ1n) is 5.22. The number of alkyl halides is 3. The zero-order valence-electron chi connectivity index (χ0n) is 9.38. The topological polar surface area (TPSA) is 26.0 Å². The molecule has 0 bridgehead atoms. The molecule has 2 N–H and O–H groups in total. The van der Waals surface area contributed by atoms with Crippen LogP contribution in [-0.4, -0.2) is 6.18 Å². The van der Waals surface area contributed by atoms with Gasteiger partial charge >= 0.3 is 6.18 Å². The quantitative estimate of drug-likeness (QED) is 0.842. The van der Waals surface area contributed by atoms with Crippen LogP contribution in [0.5, 0.6) is 0 Å². The summed E-state index contributed by atoms with van der Waals surface area (Å²) in [4.78, 5) is 0. The third-order valence-electron chi connectivity index (χ3n) is 2.48. The van der Waals surface area contributed by atoms with Crippen molar-refractivity contribution in [3.63, 3.8) is 0 Å². The van der Waals surface area contributed by atoms with Gasteiger partial charge in [0.25, 0.3) is 0 Å². The molecule has 0 spiro atoms. The molecular formula is C12H16F3N. The Morgan fingerprint density at radius 3 is 1.88 bits per heavy atom. The largest absolute Gasteiger partial charge is 0.390 e. The lowest BCUT2D eigenvalue weighted by Gasteiger charge is -2.15. The van der Waals surface area contributed by atoms with Crippen molar-refractivity contribution in [2.45, 2.75) is 38.4 Å². The fourth-order valence-electron chi connectivity index (χ4n) is 1.50. The summed E-state index contributed by atoms with van der Waals surface area (Å²) >= 11 is 0. The first-order valence-corrected chi connectivity index (χ1v) is 5.22. The molecule has 16 heavy (non-hydrogen) atoms. The summed E-state index contributed by atoms with van der Waals surface area (Å²) in [6.45, 7) is 4.06. The van der Waals surface area contributed by atoms with Crippen LogP contribution in [0.4, 0.5) is 13.2 Å². The van der Waals surface area contributed by atoms with Crippen LogP contribution in [0.15, 0.2) is 24.3 Å². The molecule has 0 aliphatic rings. The molecule has 0 aromatic heterocycles. The van der Waals surface area contributed by atoms with Crippen molar-refractivity contribution in [1.29, 1.82) is 0 Å². The van der Waals surface area contributed by atoms with E-state index in [-0.39, 0.29) is 0 Å². The van der Waals surface area contributed by atoms with Crippen LogP contribution >= 0.6 is 0 Å². The van der Waals surface area contributed by atoms with Crippen LogP contribution in [0.1, 0.15) is 43.4 Å². The normalized spacial score (nSPS) is 14.2. The maximum atomic E-state index is 12.1. The lowest BCUT2D eigenvalue weighted by Crippen LogP contribution is -2.20. The molecule has 0 aliphatic heterocycles. The average molecular weight is 231 g/mol. The maximum Gasteiger partial charge on any atom is 0.390 e. The molecule has 0 saturated heterocycles. The molecule has 1 atom stereocenters. The van der Waals surface area contributed by atoms with Crippen LogP contribution < -0.4 is 5.73 Å². The number of hydrogen-bond donors (Lipinski definition) is 1. The van der Waals surface area contributed by atoms with E-state index in [1.807, 2.05) is 26.0 Å². The maximum absolute atomic E-state index is 12.1. The molecule has 1 rings (SSSR count). The molecular weight excluding hydrogens is 215 g/mol. The summed E-state index contributed by atoms with van der Waals surface area (Å²) in [5, 5.41) is 0. The molecule has 4 heteroatoms. The Hall–Kier alpha value is -1.03. The highest BCUT2D eigenvalue weighted by atomic mass is 19.4. The first-order chi connectivity index (χ1) is 7.29. The van der Waals surface area contributed by atoms with Gasteiger partial charge < -0.3 is 5.73 Å². The van der Waals surface area contributed by atoms with Crippen molar-refractivity contribution in [3.8, 4) is 0 Å². The highest BCUT2D eigenvalue weighted by Crippen LogP contribution is 2.28. The van der Waals surface area contributed by atoms with Gasteiger partial charge in [-0.15, -0.1) is 0 Å². The van der Waals surface area contributed by atoms with E-state index in [0.29, 0.717) is 11.5 Å². The summed E-state index contributed by atoms with van der Waals surface area (Å²) < 4.78 is 36.4. The molecule has 0 amide bonds. The van der Waals surface area contributed by atoms with Crippen LogP contribution in [0.3, 0.4) is 0 Å². The molecule has 90 valence electrons. The highest BCUT2D eigenvalue weighted by Gasteiger charge is 2.30. The van der Waals surface area contributed by atoms with Crippen LogP contribution in [0.25, 0.3) is 0 Å². The second kappa shape index (κ2) is 4.87. The van der Waals surface area contributed by atoms with Crippen molar-refractivity contribution < 1.29 is 13.2 Å². The highest BCUT2D eigenvalue weighted by molar-refractivity contribution is 5.26. The SMILES string of the molecule is CC(C)c1ccc(C(N)CC(F)(F)F)cc1. The standard InChI is InChI=1S/C12H16F3N/c1-8(2)9-3-5-10(6-4-9)11(16)7-12(13,14)15/h3-6,8,11H,7,16H2,1-2H3. The molecule has 1 aromatic carbocycles. The molecule has 1 nitrogen and oxygen atoms in total. The van der Waals surface area contributed by atoms with Crippen molar-refractivity contribution in [2.75, 3.05) is 0 Å². The predicted octanol–water partition coefficient (Wildman–Crippen LogP) is 3.76. The fourth-order valence-corrected chi connectivity index (χ4v) is 1.50. The van der Waals surface area contributed by atoms with Gasteiger partial charge in [0.2, 0.25) is 0 Å². The Kier molecular flexibility index (Phi) is 3.97. The zero-order chi connectivity index (χ0) is 12.3. The molecule has 0 fully saturated rings.